The van der Waals surface area contributed by atoms with Gasteiger partial charge in [-0.1, -0.05) is 32.9 Å². The van der Waals surface area contributed by atoms with Crippen molar-refractivity contribution >= 4 is 5.78 Å². The number of hydrogen-bond donors (Lipinski definition) is 0. The van der Waals surface area contributed by atoms with Crippen molar-refractivity contribution < 1.29 is 22.7 Å². The summed E-state index contributed by atoms with van der Waals surface area (Å²) in [6, 6.07) is 5.41. The quantitative estimate of drug-likeness (QED) is 0.763. The smallest absolute Gasteiger partial charge is 0.405 e. The van der Waals surface area contributed by atoms with Gasteiger partial charge in [0.15, 0.2) is 5.78 Å². The number of alkyl halides is 3. The molecule has 1 unspecified atom stereocenters. The Morgan fingerprint density at radius 2 is 1.72 bits per heavy atom. The predicted molar refractivity (Wildman–Crippen MR) is 61.5 cm³/mol. The molecule has 18 heavy (non-hydrogen) atoms. The van der Waals surface area contributed by atoms with E-state index in [0.717, 1.165) is 6.07 Å². The summed E-state index contributed by atoms with van der Waals surface area (Å²) in [4.78, 5) is 12.0. The Bertz CT molecular complexity index is 424. The van der Waals surface area contributed by atoms with Crippen LogP contribution >= 0.6 is 0 Å². The third-order valence-electron chi connectivity index (χ3n) is 2.79. The Balaban J connectivity index is 3.06. The zero-order valence-electron chi connectivity index (χ0n) is 10.4. The van der Waals surface area contributed by atoms with Crippen LogP contribution in [0.1, 0.15) is 31.1 Å². The Morgan fingerprint density at radius 3 is 2.22 bits per heavy atom. The highest BCUT2D eigenvalue weighted by molar-refractivity contribution is 6.00. The number of hydrogen-bond acceptors (Lipinski definition) is 2. The second-order valence-electron chi connectivity index (χ2n) is 4.44. The lowest BCUT2D eigenvalue weighted by molar-refractivity contribution is -0.274. The van der Waals surface area contributed by atoms with Crippen LogP contribution in [0.15, 0.2) is 24.3 Å². The second-order valence-corrected chi connectivity index (χ2v) is 4.44. The number of carbonyl (C=O) groups is 1. The fraction of sp³-hybridized carbons (Fsp3) is 0.462. The van der Waals surface area contributed by atoms with Crippen LogP contribution in [0.2, 0.25) is 0 Å². The monoisotopic (exact) mass is 260 g/mol. The van der Waals surface area contributed by atoms with Gasteiger partial charge < -0.3 is 4.74 Å². The van der Waals surface area contributed by atoms with Gasteiger partial charge in [0.05, 0.1) is 5.56 Å². The maximum absolute atomic E-state index is 12.2. The molecule has 1 rings (SSSR count). The molecule has 2 nitrogen and oxygen atoms in total. The first-order valence-corrected chi connectivity index (χ1v) is 5.61. The van der Waals surface area contributed by atoms with Crippen molar-refractivity contribution in [3.8, 4) is 5.75 Å². The zero-order valence-corrected chi connectivity index (χ0v) is 10.4. The molecule has 100 valence electrons. The van der Waals surface area contributed by atoms with E-state index in [4.69, 9.17) is 0 Å². The molecule has 0 bridgehead atoms. The third kappa shape index (κ3) is 3.75. The Labute approximate surface area is 104 Å². The van der Waals surface area contributed by atoms with E-state index in [9.17, 15) is 18.0 Å². The minimum atomic E-state index is -4.79. The summed E-state index contributed by atoms with van der Waals surface area (Å²) >= 11 is 0. The van der Waals surface area contributed by atoms with E-state index in [1.165, 1.54) is 18.2 Å². The summed E-state index contributed by atoms with van der Waals surface area (Å²) in [6.07, 6.45) is -4.79. The minimum absolute atomic E-state index is 0.0315. The van der Waals surface area contributed by atoms with Gasteiger partial charge in [0.1, 0.15) is 5.75 Å². The molecule has 0 N–H and O–H groups in total. The van der Waals surface area contributed by atoms with Gasteiger partial charge in [-0.25, -0.2) is 0 Å². The summed E-state index contributed by atoms with van der Waals surface area (Å²) in [6.45, 7) is 5.38. The molecule has 0 fully saturated rings. The van der Waals surface area contributed by atoms with E-state index in [0.29, 0.717) is 0 Å². The van der Waals surface area contributed by atoms with E-state index in [1.54, 1.807) is 6.92 Å². The van der Waals surface area contributed by atoms with Crippen LogP contribution in [0.4, 0.5) is 13.2 Å². The van der Waals surface area contributed by atoms with Crippen LogP contribution in [0.25, 0.3) is 0 Å². The van der Waals surface area contributed by atoms with Gasteiger partial charge in [-0.15, -0.1) is 13.2 Å². The average Bonchev–Trinajstić information content (AvgIpc) is 2.25. The number of benzene rings is 1. The van der Waals surface area contributed by atoms with Gasteiger partial charge in [0, 0.05) is 5.92 Å². The molecule has 0 amide bonds. The average molecular weight is 260 g/mol. The lowest BCUT2D eigenvalue weighted by Crippen LogP contribution is -2.22. The van der Waals surface area contributed by atoms with Crippen molar-refractivity contribution in [3.05, 3.63) is 29.8 Å². The molecule has 0 aromatic heterocycles. The summed E-state index contributed by atoms with van der Waals surface area (Å²) in [5, 5.41) is 0. The molecule has 0 aliphatic carbocycles. The first-order valence-electron chi connectivity index (χ1n) is 5.61. The van der Waals surface area contributed by atoms with Crippen LogP contribution in [0.3, 0.4) is 0 Å². The maximum atomic E-state index is 12.2. The van der Waals surface area contributed by atoms with Gasteiger partial charge in [-0.05, 0) is 18.1 Å². The summed E-state index contributed by atoms with van der Waals surface area (Å²) in [5.74, 6) is -1.09. The minimum Gasteiger partial charge on any atom is -0.405 e. The van der Waals surface area contributed by atoms with Crippen molar-refractivity contribution in [2.45, 2.75) is 27.1 Å². The van der Waals surface area contributed by atoms with Gasteiger partial charge in [-0.3, -0.25) is 4.79 Å². The maximum Gasteiger partial charge on any atom is 0.573 e. The molecular weight excluding hydrogens is 245 g/mol. The number of rotatable bonds is 4. The molecular formula is C13H15F3O2. The lowest BCUT2D eigenvalue weighted by atomic mass is 9.89. The number of ether oxygens (including phenoxy) is 1. The topological polar surface area (TPSA) is 26.3 Å². The molecule has 0 spiro atoms. The van der Waals surface area contributed by atoms with Gasteiger partial charge in [0.25, 0.3) is 0 Å². The molecule has 1 aromatic carbocycles. The lowest BCUT2D eigenvalue weighted by Gasteiger charge is -2.17. The molecule has 1 aromatic rings. The van der Waals surface area contributed by atoms with Crippen molar-refractivity contribution in [2.24, 2.45) is 11.8 Å². The molecule has 0 saturated carbocycles. The number of para-hydroxylation sites is 1. The molecule has 5 heteroatoms. The summed E-state index contributed by atoms with van der Waals surface area (Å²) < 4.78 is 40.5. The SMILES string of the molecule is CC(C)C(C)C(=O)c1ccccc1OC(F)(F)F. The predicted octanol–water partition coefficient (Wildman–Crippen LogP) is 4.06. The van der Waals surface area contributed by atoms with Gasteiger partial charge >= 0.3 is 6.36 Å². The normalized spacial score (nSPS) is 13.5. The number of Topliss-reactive ketones (excluding diaryl/α,β-unsaturated/α-hetero) is 1. The number of halogens is 3. The van der Waals surface area contributed by atoms with E-state index < -0.39 is 12.1 Å². The highest BCUT2D eigenvalue weighted by atomic mass is 19.4. The standard InChI is InChI=1S/C13H15F3O2/c1-8(2)9(3)12(17)10-6-4-5-7-11(10)18-13(14,15)16/h4-9H,1-3H3. The number of ketones is 1. The molecule has 0 saturated heterocycles. The van der Waals surface area contributed by atoms with E-state index in [-0.39, 0.29) is 23.2 Å². The first kappa shape index (κ1) is 14.5. The Kier molecular flexibility index (Phi) is 4.38. The van der Waals surface area contributed by atoms with Crippen molar-refractivity contribution in [1.82, 2.24) is 0 Å². The van der Waals surface area contributed by atoms with E-state index >= 15 is 0 Å². The summed E-state index contributed by atoms with van der Waals surface area (Å²) in [7, 11) is 0. The molecule has 0 aliphatic rings. The molecule has 0 heterocycles. The van der Waals surface area contributed by atoms with E-state index in [2.05, 4.69) is 4.74 Å². The summed E-state index contributed by atoms with van der Waals surface area (Å²) in [5.41, 5.74) is -0.0315. The van der Waals surface area contributed by atoms with Crippen molar-refractivity contribution in [2.75, 3.05) is 0 Å². The van der Waals surface area contributed by atoms with Crippen molar-refractivity contribution in [3.63, 3.8) is 0 Å². The first-order chi connectivity index (χ1) is 8.22. The van der Waals surface area contributed by atoms with Crippen LogP contribution in [-0.4, -0.2) is 12.1 Å². The number of carbonyl (C=O) groups excluding carboxylic acids is 1. The highest BCUT2D eigenvalue weighted by Gasteiger charge is 2.33. The van der Waals surface area contributed by atoms with Gasteiger partial charge in [0.2, 0.25) is 0 Å². The van der Waals surface area contributed by atoms with Gasteiger partial charge in [-0.2, -0.15) is 0 Å². The second kappa shape index (κ2) is 5.42. The fourth-order valence-corrected chi connectivity index (χ4v) is 1.43. The van der Waals surface area contributed by atoms with E-state index in [1.807, 2.05) is 13.8 Å². The molecule has 0 aliphatic heterocycles. The fourth-order valence-electron chi connectivity index (χ4n) is 1.43. The Hall–Kier alpha value is -1.52. The Morgan fingerprint density at radius 1 is 1.17 bits per heavy atom. The van der Waals surface area contributed by atoms with Crippen molar-refractivity contribution in [1.29, 1.82) is 0 Å². The molecule has 0 radical (unpaired) electrons. The molecule has 1 atom stereocenters. The largest absolute Gasteiger partial charge is 0.573 e. The van der Waals surface area contributed by atoms with Crippen LogP contribution in [0.5, 0.6) is 5.75 Å². The van der Waals surface area contributed by atoms with Crippen LogP contribution in [0, 0.1) is 11.8 Å². The zero-order chi connectivity index (χ0) is 13.9. The van der Waals surface area contributed by atoms with Crippen LogP contribution in [-0.2, 0) is 0 Å². The highest BCUT2D eigenvalue weighted by Crippen LogP contribution is 2.29. The third-order valence-corrected chi connectivity index (χ3v) is 2.79. The van der Waals surface area contributed by atoms with Crippen LogP contribution < -0.4 is 4.74 Å².